The Labute approximate surface area is 89.6 Å². The van der Waals surface area contributed by atoms with Crippen LogP contribution in [-0.2, 0) is 4.79 Å². The number of nitrogens with zero attached hydrogens (tertiary/aromatic N) is 1. The molecule has 3 nitrogen and oxygen atoms in total. The van der Waals surface area contributed by atoms with E-state index in [0.717, 1.165) is 0 Å². The summed E-state index contributed by atoms with van der Waals surface area (Å²) in [6.07, 6.45) is 3.78. The van der Waals surface area contributed by atoms with Crippen LogP contribution in [0.2, 0.25) is 0 Å². The van der Waals surface area contributed by atoms with Crippen molar-refractivity contribution < 1.29 is 4.79 Å². The lowest BCUT2D eigenvalue weighted by molar-refractivity contribution is -0.131. The van der Waals surface area contributed by atoms with Crippen molar-refractivity contribution in [2.75, 3.05) is 13.6 Å². The minimum Gasteiger partial charge on any atom is -0.392 e. The highest BCUT2D eigenvalue weighted by Crippen LogP contribution is 2.57. The predicted octanol–water partition coefficient (Wildman–Crippen LogP) is 0.777. The van der Waals surface area contributed by atoms with Gasteiger partial charge in [-0.1, -0.05) is 18.6 Å². The second-order valence-electron chi connectivity index (χ2n) is 4.45. The SMILES string of the molecule is CN(CC(N)=S)C(=O)C1C2CCCC21. The van der Waals surface area contributed by atoms with E-state index in [1.54, 1.807) is 11.9 Å². The average molecular weight is 212 g/mol. The van der Waals surface area contributed by atoms with Crippen LogP contribution in [0.5, 0.6) is 0 Å². The minimum atomic E-state index is 0.243. The molecule has 2 unspecified atom stereocenters. The van der Waals surface area contributed by atoms with E-state index in [2.05, 4.69) is 0 Å². The second kappa shape index (κ2) is 3.50. The van der Waals surface area contributed by atoms with Gasteiger partial charge in [0.1, 0.15) is 0 Å². The summed E-state index contributed by atoms with van der Waals surface area (Å²) < 4.78 is 0. The van der Waals surface area contributed by atoms with Gasteiger partial charge in [0, 0.05) is 13.0 Å². The maximum absolute atomic E-state index is 11.9. The highest BCUT2D eigenvalue weighted by molar-refractivity contribution is 7.80. The zero-order valence-corrected chi connectivity index (χ0v) is 9.22. The van der Waals surface area contributed by atoms with Gasteiger partial charge in [-0.05, 0) is 24.7 Å². The van der Waals surface area contributed by atoms with Crippen molar-refractivity contribution in [2.24, 2.45) is 23.5 Å². The quantitative estimate of drug-likeness (QED) is 0.703. The number of rotatable bonds is 3. The smallest absolute Gasteiger partial charge is 0.226 e. The first-order chi connectivity index (χ1) is 6.61. The number of thiocarbonyl (C=S) groups is 1. The Morgan fingerprint density at radius 2 is 2.07 bits per heavy atom. The fourth-order valence-electron chi connectivity index (χ4n) is 2.75. The molecule has 2 aliphatic carbocycles. The van der Waals surface area contributed by atoms with Crippen LogP contribution < -0.4 is 5.73 Å². The lowest BCUT2D eigenvalue weighted by atomic mass is 10.1. The topological polar surface area (TPSA) is 46.3 Å². The maximum atomic E-state index is 11.9. The third-order valence-electron chi connectivity index (χ3n) is 3.46. The zero-order chi connectivity index (χ0) is 10.3. The fraction of sp³-hybridized carbons (Fsp3) is 0.800. The van der Waals surface area contributed by atoms with Crippen molar-refractivity contribution in [1.82, 2.24) is 4.90 Å². The van der Waals surface area contributed by atoms with Crippen molar-refractivity contribution in [1.29, 1.82) is 0 Å². The molecule has 4 heteroatoms. The minimum absolute atomic E-state index is 0.243. The molecule has 0 saturated heterocycles. The predicted molar refractivity (Wildman–Crippen MR) is 58.7 cm³/mol. The van der Waals surface area contributed by atoms with Crippen molar-refractivity contribution in [3.8, 4) is 0 Å². The molecule has 1 amide bonds. The molecule has 0 heterocycles. The Morgan fingerprint density at radius 3 is 2.57 bits per heavy atom. The van der Waals surface area contributed by atoms with E-state index < -0.39 is 0 Å². The van der Waals surface area contributed by atoms with Crippen LogP contribution in [0, 0.1) is 17.8 Å². The molecule has 0 aromatic carbocycles. The Bertz CT molecular complexity index is 269. The largest absolute Gasteiger partial charge is 0.392 e. The lowest BCUT2D eigenvalue weighted by Crippen LogP contribution is -2.36. The number of amides is 1. The summed E-state index contributed by atoms with van der Waals surface area (Å²) in [5, 5.41) is 0. The van der Waals surface area contributed by atoms with Crippen LogP contribution in [0.25, 0.3) is 0 Å². The van der Waals surface area contributed by atoms with Crippen molar-refractivity contribution >= 4 is 23.1 Å². The average Bonchev–Trinajstić information content (AvgIpc) is 2.56. The number of carbonyl (C=O) groups excluding carboxylic acids is 1. The first-order valence-electron chi connectivity index (χ1n) is 5.14. The number of hydrogen-bond donors (Lipinski definition) is 1. The fourth-order valence-corrected chi connectivity index (χ4v) is 2.95. The van der Waals surface area contributed by atoms with Gasteiger partial charge in [-0.15, -0.1) is 0 Å². The van der Waals surface area contributed by atoms with Gasteiger partial charge < -0.3 is 10.6 Å². The molecule has 2 fully saturated rings. The van der Waals surface area contributed by atoms with E-state index in [4.69, 9.17) is 18.0 Å². The Morgan fingerprint density at radius 1 is 1.50 bits per heavy atom. The molecular formula is C10H16N2OS. The number of carbonyl (C=O) groups is 1. The van der Waals surface area contributed by atoms with Gasteiger partial charge in [0.25, 0.3) is 0 Å². The van der Waals surface area contributed by atoms with Crippen molar-refractivity contribution in [3.63, 3.8) is 0 Å². The highest BCUT2D eigenvalue weighted by atomic mass is 32.1. The van der Waals surface area contributed by atoms with Gasteiger partial charge in [-0.3, -0.25) is 4.79 Å². The van der Waals surface area contributed by atoms with Crippen LogP contribution in [0.4, 0.5) is 0 Å². The number of hydrogen-bond acceptors (Lipinski definition) is 2. The molecule has 2 rings (SSSR count). The Balaban J connectivity index is 1.87. The van der Waals surface area contributed by atoms with Crippen molar-refractivity contribution in [2.45, 2.75) is 19.3 Å². The van der Waals surface area contributed by atoms with Gasteiger partial charge in [-0.25, -0.2) is 0 Å². The van der Waals surface area contributed by atoms with Gasteiger partial charge in [0.2, 0.25) is 5.91 Å². The molecule has 0 aromatic heterocycles. The molecule has 2 atom stereocenters. The summed E-state index contributed by atoms with van der Waals surface area (Å²) in [6, 6.07) is 0. The number of likely N-dealkylation sites (N-methyl/N-ethyl adjacent to an activating group) is 1. The molecular weight excluding hydrogens is 196 g/mol. The van der Waals surface area contributed by atoms with E-state index in [-0.39, 0.29) is 5.91 Å². The van der Waals surface area contributed by atoms with Crippen LogP contribution in [0.15, 0.2) is 0 Å². The lowest BCUT2D eigenvalue weighted by Gasteiger charge is -2.17. The van der Waals surface area contributed by atoms with Gasteiger partial charge in [-0.2, -0.15) is 0 Å². The molecule has 0 bridgehead atoms. The summed E-state index contributed by atoms with van der Waals surface area (Å²) in [7, 11) is 1.79. The molecule has 2 saturated carbocycles. The summed E-state index contributed by atoms with van der Waals surface area (Å²) in [4.78, 5) is 13.9. The summed E-state index contributed by atoms with van der Waals surface area (Å²) in [5.74, 6) is 1.89. The Kier molecular flexibility index (Phi) is 2.47. The molecule has 78 valence electrons. The van der Waals surface area contributed by atoms with E-state index in [0.29, 0.717) is 29.3 Å². The molecule has 2 N–H and O–H groups in total. The monoisotopic (exact) mass is 212 g/mol. The van der Waals surface area contributed by atoms with Crippen molar-refractivity contribution in [3.05, 3.63) is 0 Å². The van der Waals surface area contributed by atoms with Gasteiger partial charge in [0.15, 0.2) is 0 Å². The molecule has 0 aromatic rings. The number of fused-ring (bicyclic) bond motifs is 1. The second-order valence-corrected chi connectivity index (χ2v) is 4.97. The highest BCUT2D eigenvalue weighted by Gasteiger charge is 2.57. The third kappa shape index (κ3) is 1.63. The standard InChI is InChI=1S/C10H16N2OS/c1-12(5-8(11)14)10(13)9-6-3-2-4-7(6)9/h6-7,9H,2-5H2,1H3,(H2,11,14). The normalized spacial score (nSPS) is 33.6. The van der Waals surface area contributed by atoms with E-state index in [1.165, 1.54) is 19.3 Å². The van der Waals surface area contributed by atoms with E-state index in [9.17, 15) is 4.79 Å². The molecule has 2 aliphatic rings. The first-order valence-corrected chi connectivity index (χ1v) is 5.55. The molecule has 14 heavy (non-hydrogen) atoms. The van der Waals surface area contributed by atoms with Gasteiger partial charge >= 0.3 is 0 Å². The zero-order valence-electron chi connectivity index (χ0n) is 8.40. The van der Waals surface area contributed by atoms with Crippen LogP contribution in [0.3, 0.4) is 0 Å². The molecule has 0 spiro atoms. The third-order valence-corrected chi connectivity index (χ3v) is 3.59. The van der Waals surface area contributed by atoms with E-state index in [1.807, 2.05) is 0 Å². The maximum Gasteiger partial charge on any atom is 0.226 e. The van der Waals surface area contributed by atoms with Crippen LogP contribution in [-0.4, -0.2) is 29.4 Å². The van der Waals surface area contributed by atoms with Gasteiger partial charge in [0.05, 0.1) is 11.5 Å². The molecule has 0 radical (unpaired) electrons. The Hall–Kier alpha value is -0.640. The van der Waals surface area contributed by atoms with E-state index >= 15 is 0 Å². The van der Waals surface area contributed by atoms with Crippen LogP contribution in [0.1, 0.15) is 19.3 Å². The van der Waals surface area contributed by atoms with Crippen LogP contribution >= 0.6 is 12.2 Å². The molecule has 0 aliphatic heterocycles. The summed E-state index contributed by atoms with van der Waals surface area (Å²) in [5.41, 5.74) is 5.41. The summed E-state index contributed by atoms with van der Waals surface area (Å²) in [6.45, 7) is 0.421. The first kappa shape index (κ1) is 9.90. The summed E-state index contributed by atoms with van der Waals surface area (Å²) >= 11 is 4.78. The number of nitrogens with two attached hydrogens (primary N) is 1.